The van der Waals surface area contributed by atoms with Crippen molar-refractivity contribution in [2.45, 2.75) is 26.2 Å². The minimum Gasteiger partial charge on any atom is -0.340 e. The van der Waals surface area contributed by atoms with Gasteiger partial charge in [-0.05, 0) is 12.1 Å². The highest BCUT2D eigenvalue weighted by atomic mass is 19.4. The van der Waals surface area contributed by atoms with E-state index in [4.69, 9.17) is 5.21 Å². The molecule has 0 aliphatic heterocycles. The number of hydroxylamine groups is 2. The summed E-state index contributed by atoms with van der Waals surface area (Å²) in [6.45, 7) is 3.03. The van der Waals surface area contributed by atoms with Crippen molar-refractivity contribution >= 4 is 17.8 Å². The van der Waals surface area contributed by atoms with E-state index in [0.29, 0.717) is 12.1 Å². The summed E-state index contributed by atoms with van der Waals surface area (Å²) < 4.78 is 74.6. The summed E-state index contributed by atoms with van der Waals surface area (Å²) in [6, 6.07) is 1.32. The average Bonchev–Trinajstić information content (AvgIpc) is 2.75. The summed E-state index contributed by atoms with van der Waals surface area (Å²) in [5, 5.41) is 8.18. The Kier molecular flexibility index (Phi) is 9.27. The van der Waals surface area contributed by atoms with Crippen LogP contribution in [0.2, 0.25) is 0 Å². The van der Waals surface area contributed by atoms with Crippen molar-refractivity contribution in [2.24, 2.45) is 5.92 Å². The van der Waals surface area contributed by atoms with E-state index in [0.717, 1.165) is 30.3 Å². The average molecular weight is 482 g/mol. The Balaban J connectivity index is 0.000000346. The maximum atomic E-state index is 12.6. The molecule has 0 saturated heterocycles. The van der Waals surface area contributed by atoms with Crippen LogP contribution in [0.1, 0.15) is 45.7 Å². The minimum atomic E-state index is -4.70. The predicted molar refractivity (Wildman–Crippen MR) is 96.1 cm³/mol. The van der Waals surface area contributed by atoms with Crippen LogP contribution in [0.15, 0.2) is 36.9 Å². The Bertz CT molecular complexity index is 995. The number of nitrogens with zero attached hydrogens (tertiary/aromatic N) is 2. The van der Waals surface area contributed by atoms with Crippen molar-refractivity contribution in [1.82, 2.24) is 20.9 Å². The minimum absolute atomic E-state index is 0.517. The highest BCUT2D eigenvalue weighted by Crippen LogP contribution is 2.32. The molecule has 0 unspecified atom stereocenters. The van der Waals surface area contributed by atoms with E-state index in [1.54, 1.807) is 5.48 Å². The molecular weight excluding hydrogens is 466 g/mol. The van der Waals surface area contributed by atoms with E-state index >= 15 is 0 Å². The molecule has 15 heteroatoms. The number of halogens is 6. The number of pyridine rings is 2. The first-order valence-corrected chi connectivity index (χ1v) is 8.68. The van der Waals surface area contributed by atoms with E-state index in [9.17, 15) is 40.7 Å². The zero-order chi connectivity index (χ0) is 25.4. The van der Waals surface area contributed by atoms with Crippen LogP contribution < -0.4 is 11.0 Å². The number of carbonyl (C=O) groups is 3. The number of nitrogens with one attached hydrogen (secondary N) is 2. The van der Waals surface area contributed by atoms with Crippen molar-refractivity contribution in [3.05, 3.63) is 59.2 Å². The standard InChI is InChI=1S/C11H11F3N2O3.C7H5F3N2O2/c1-6(2)10(18)19-16-9(17)7-5-15-4-3-8(7)11(12,13)14;8-7(9,10)5-1-2-11-3-4(5)6(13)12-14/h3-6H,1-2H3,(H,16,17);1-3,14H,(H,12,13). The van der Waals surface area contributed by atoms with Crippen LogP contribution in [0, 0.1) is 5.92 Å². The number of rotatable bonds is 3. The maximum absolute atomic E-state index is 12.6. The van der Waals surface area contributed by atoms with Crippen molar-refractivity contribution in [3.63, 3.8) is 0 Å². The SMILES string of the molecule is CC(C)C(=O)ONC(=O)c1cnccc1C(F)(F)F.O=C(NO)c1cnccc1C(F)(F)F. The topological polar surface area (TPSA) is 131 Å². The molecule has 0 aliphatic rings. The third-order valence-electron chi connectivity index (χ3n) is 3.56. The van der Waals surface area contributed by atoms with Crippen molar-refractivity contribution in [3.8, 4) is 0 Å². The van der Waals surface area contributed by atoms with Gasteiger partial charge in [-0.3, -0.25) is 24.8 Å². The Morgan fingerprint density at radius 1 is 0.879 bits per heavy atom. The molecule has 2 heterocycles. The molecule has 2 aromatic rings. The summed E-state index contributed by atoms with van der Waals surface area (Å²) in [6.07, 6.45) is -6.03. The molecule has 33 heavy (non-hydrogen) atoms. The monoisotopic (exact) mass is 482 g/mol. The molecule has 2 rings (SSSR count). The van der Waals surface area contributed by atoms with Gasteiger partial charge in [0, 0.05) is 24.8 Å². The Labute approximate surface area is 181 Å². The summed E-state index contributed by atoms with van der Waals surface area (Å²) in [5.74, 6) is -3.71. The van der Waals surface area contributed by atoms with E-state index in [-0.39, 0.29) is 0 Å². The van der Waals surface area contributed by atoms with Crippen molar-refractivity contribution in [2.75, 3.05) is 0 Å². The van der Waals surface area contributed by atoms with Crippen LogP contribution in [-0.4, -0.2) is 33.0 Å². The van der Waals surface area contributed by atoms with Gasteiger partial charge in [-0.25, -0.2) is 10.3 Å². The molecule has 180 valence electrons. The lowest BCUT2D eigenvalue weighted by Crippen LogP contribution is -2.30. The molecule has 0 fully saturated rings. The van der Waals surface area contributed by atoms with E-state index in [1.807, 2.05) is 0 Å². The normalized spacial score (nSPS) is 11.2. The second-order valence-corrected chi connectivity index (χ2v) is 6.29. The van der Waals surface area contributed by atoms with Crippen molar-refractivity contribution < 1.29 is 50.8 Å². The summed E-state index contributed by atoms with van der Waals surface area (Å²) in [5.41, 5.74) is -0.949. The van der Waals surface area contributed by atoms with Gasteiger partial charge in [0.2, 0.25) is 0 Å². The van der Waals surface area contributed by atoms with Gasteiger partial charge in [-0.15, -0.1) is 0 Å². The van der Waals surface area contributed by atoms with Crippen molar-refractivity contribution in [1.29, 1.82) is 0 Å². The summed E-state index contributed by atoms with van der Waals surface area (Å²) in [7, 11) is 0. The molecule has 0 saturated carbocycles. The van der Waals surface area contributed by atoms with Crippen LogP contribution in [0.25, 0.3) is 0 Å². The number of carbonyl (C=O) groups excluding carboxylic acids is 3. The largest absolute Gasteiger partial charge is 0.417 e. The second-order valence-electron chi connectivity index (χ2n) is 6.29. The fraction of sp³-hybridized carbons (Fsp3) is 0.278. The third-order valence-corrected chi connectivity index (χ3v) is 3.56. The van der Waals surface area contributed by atoms with Crippen LogP contribution in [0.3, 0.4) is 0 Å². The lowest BCUT2D eigenvalue weighted by molar-refractivity contribution is -0.152. The van der Waals surface area contributed by atoms with E-state index in [1.165, 1.54) is 13.8 Å². The number of hydrogen-bond donors (Lipinski definition) is 3. The Morgan fingerprint density at radius 2 is 1.30 bits per heavy atom. The molecule has 3 N–H and O–H groups in total. The molecular formula is C18H16F6N4O5. The molecule has 2 aromatic heterocycles. The first-order chi connectivity index (χ1) is 15.2. The number of amides is 2. The number of hydrogen-bond acceptors (Lipinski definition) is 7. The van der Waals surface area contributed by atoms with Crippen LogP contribution in [0.4, 0.5) is 26.3 Å². The van der Waals surface area contributed by atoms with Gasteiger partial charge in [-0.2, -0.15) is 31.8 Å². The quantitative estimate of drug-likeness (QED) is 0.348. The first kappa shape index (κ1) is 27.3. The highest BCUT2D eigenvalue weighted by molar-refractivity contribution is 5.95. The third kappa shape index (κ3) is 8.03. The number of alkyl halides is 6. The molecule has 2 amide bonds. The van der Waals surface area contributed by atoms with Gasteiger partial charge in [-0.1, -0.05) is 13.8 Å². The smallest absolute Gasteiger partial charge is 0.340 e. The molecule has 0 bridgehead atoms. The summed E-state index contributed by atoms with van der Waals surface area (Å²) >= 11 is 0. The van der Waals surface area contributed by atoms with E-state index < -0.39 is 58.3 Å². The van der Waals surface area contributed by atoms with Gasteiger partial charge < -0.3 is 4.84 Å². The van der Waals surface area contributed by atoms with Gasteiger partial charge in [0.15, 0.2) is 0 Å². The molecule has 9 nitrogen and oxygen atoms in total. The van der Waals surface area contributed by atoms with Gasteiger partial charge in [0.05, 0.1) is 28.2 Å². The van der Waals surface area contributed by atoms with Gasteiger partial charge in [0.25, 0.3) is 11.8 Å². The first-order valence-electron chi connectivity index (χ1n) is 8.68. The molecule has 0 aromatic carbocycles. The lowest BCUT2D eigenvalue weighted by atomic mass is 10.1. The van der Waals surface area contributed by atoms with Gasteiger partial charge >= 0.3 is 18.3 Å². The van der Waals surface area contributed by atoms with Gasteiger partial charge in [0.1, 0.15) is 0 Å². The van der Waals surface area contributed by atoms with Crippen LogP contribution >= 0.6 is 0 Å². The molecule has 0 spiro atoms. The molecule has 0 atom stereocenters. The lowest BCUT2D eigenvalue weighted by Gasteiger charge is -2.12. The molecule has 0 aliphatic carbocycles. The number of aromatic nitrogens is 2. The Morgan fingerprint density at radius 3 is 1.67 bits per heavy atom. The maximum Gasteiger partial charge on any atom is 0.417 e. The van der Waals surface area contributed by atoms with Crippen LogP contribution in [0.5, 0.6) is 0 Å². The predicted octanol–water partition coefficient (Wildman–Crippen LogP) is 3.16. The zero-order valence-corrected chi connectivity index (χ0v) is 16.8. The fourth-order valence-electron chi connectivity index (χ4n) is 1.97. The molecule has 0 radical (unpaired) electrons. The highest BCUT2D eigenvalue weighted by Gasteiger charge is 2.36. The Hall–Kier alpha value is -3.75. The zero-order valence-electron chi connectivity index (χ0n) is 16.8. The summed E-state index contributed by atoms with van der Waals surface area (Å²) in [4.78, 5) is 44.5. The fourth-order valence-corrected chi connectivity index (χ4v) is 1.97. The van der Waals surface area contributed by atoms with Crippen LogP contribution in [-0.2, 0) is 22.0 Å². The second kappa shape index (κ2) is 11.2. The van der Waals surface area contributed by atoms with E-state index in [2.05, 4.69) is 14.8 Å².